The van der Waals surface area contributed by atoms with E-state index in [0.29, 0.717) is 6.54 Å². The molecule has 7 heteroatoms. The van der Waals surface area contributed by atoms with Gasteiger partial charge in [-0.15, -0.1) is 0 Å². The van der Waals surface area contributed by atoms with Crippen molar-refractivity contribution >= 4 is 11.5 Å². The van der Waals surface area contributed by atoms with Gasteiger partial charge in [-0.1, -0.05) is 20.8 Å². The maximum Gasteiger partial charge on any atom is 0.330 e. The molecule has 0 radical (unpaired) electrons. The number of hydrogen-bond donors (Lipinski definition) is 3. The molecule has 21 heavy (non-hydrogen) atoms. The summed E-state index contributed by atoms with van der Waals surface area (Å²) in [7, 11) is 0. The molecule has 0 aliphatic carbocycles. The lowest BCUT2D eigenvalue weighted by Crippen LogP contribution is -2.39. The first-order valence-electron chi connectivity index (χ1n) is 7.55. The summed E-state index contributed by atoms with van der Waals surface area (Å²) in [6.45, 7) is 11.3. The molecule has 1 atom stereocenters. The normalized spacial score (nSPS) is 12.6. The summed E-state index contributed by atoms with van der Waals surface area (Å²) in [6.07, 6.45) is 0.768. The average Bonchev–Trinajstić information content (AvgIpc) is 2.45. The Morgan fingerprint density at radius 2 is 1.90 bits per heavy atom. The zero-order valence-electron chi connectivity index (χ0n) is 13.4. The predicted octanol–water partition coefficient (Wildman–Crippen LogP) is 0.671. The van der Waals surface area contributed by atoms with Gasteiger partial charge in [-0.05, 0) is 26.4 Å². The van der Waals surface area contributed by atoms with Crippen molar-refractivity contribution in [3.05, 3.63) is 20.8 Å². The molecule has 7 nitrogen and oxygen atoms in total. The molecule has 1 unspecified atom stereocenters. The molecule has 0 aromatic carbocycles. The van der Waals surface area contributed by atoms with Crippen LogP contribution >= 0.6 is 0 Å². The van der Waals surface area contributed by atoms with Crippen molar-refractivity contribution in [3.8, 4) is 0 Å². The largest absolute Gasteiger partial charge is 0.383 e. The Kier molecular flexibility index (Phi) is 6.48. The van der Waals surface area contributed by atoms with Gasteiger partial charge < -0.3 is 16.0 Å². The molecule has 0 fully saturated rings. The number of aromatic nitrogens is 2. The molecule has 0 spiro atoms. The van der Waals surface area contributed by atoms with E-state index in [-0.39, 0.29) is 17.5 Å². The number of H-pyrrole nitrogens is 1. The number of likely N-dealkylation sites (N-methyl/N-ethyl adjacent to an activating group) is 1. The smallest absolute Gasteiger partial charge is 0.330 e. The summed E-state index contributed by atoms with van der Waals surface area (Å²) in [5.74, 6) is 0.206. The minimum Gasteiger partial charge on any atom is -0.383 e. The van der Waals surface area contributed by atoms with Gasteiger partial charge in [-0.3, -0.25) is 14.3 Å². The number of hydrogen-bond acceptors (Lipinski definition) is 5. The third kappa shape index (κ3) is 4.35. The van der Waals surface area contributed by atoms with E-state index in [1.165, 1.54) is 4.57 Å². The summed E-state index contributed by atoms with van der Waals surface area (Å²) in [5, 5.41) is 3.13. The molecule has 1 aromatic rings. The van der Waals surface area contributed by atoms with Crippen molar-refractivity contribution in [2.75, 3.05) is 30.7 Å². The van der Waals surface area contributed by atoms with E-state index < -0.39 is 11.2 Å². The molecule has 0 saturated carbocycles. The van der Waals surface area contributed by atoms with Crippen molar-refractivity contribution in [2.45, 2.75) is 46.7 Å². The third-order valence-corrected chi connectivity index (χ3v) is 3.50. The Hall–Kier alpha value is -1.76. The molecule has 0 aliphatic heterocycles. The first-order valence-corrected chi connectivity index (χ1v) is 7.55. The van der Waals surface area contributed by atoms with Crippen molar-refractivity contribution in [1.29, 1.82) is 0 Å². The quantitative estimate of drug-likeness (QED) is 0.655. The van der Waals surface area contributed by atoms with E-state index in [9.17, 15) is 9.59 Å². The zero-order valence-corrected chi connectivity index (χ0v) is 13.4. The second-order valence-electron chi connectivity index (χ2n) is 5.20. The van der Waals surface area contributed by atoms with Crippen LogP contribution in [0.5, 0.6) is 0 Å². The third-order valence-electron chi connectivity index (χ3n) is 3.50. The Balaban J connectivity index is 3.00. The second-order valence-corrected chi connectivity index (χ2v) is 5.20. The van der Waals surface area contributed by atoms with Crippen molar-refractivity contribution < 1.29 is 0 Å². The fraction of sp³-hybridized carbons (Fsp3) is 0.714. The van der Waals surface area contributed by atoms with Crippen LogP contribution < -0.4 is 22.3 Å². The van der Waals surface area contributed by atoms with Crippen LogP contribution in [0.2, 0.25) is 0 Å². The molecule has 0 aliphatic rings. The number of nitrogens with zero attached hydrogens (tertiary/aromatic N) is 2. The Bertz CT molecular complexity index is 559. The topological polar surface area (TPSA) is 96.2 Å². The van der Waals surface area contributed by atoms with E-state index in [0.717, 1.165) is 26.1 Å². The molecule has 0 amide bonds. The van der Waals surface area contributed by atoms with E-state index in [1.807, 2.05) is 13.8 Å². The van der Waals surface area contributed by atoms with Gasteiger partial charge in [0.15, 0.2) is 0 Å². The summed E-state index contributed by atoms with van der Waals surface area (Å²) in [4.78, 5) is 28.3. The number of anilines is 2. The molecule has 120 valence electrons. The lowest BCUT2D eigenvalue weighted by Gasteiger charge is -2.24. The van der Waals surface area contributed by atoms with Crippen LogP contribution in [0.3, 0.4) is 0 Å². The lowest BCUT2D eigenvalue weighted by atomic mass is 10.2. The number of aromatic amines is 1. The van der Waals surface area contributed by atoms with E-state index in [2.05, 4.69) is 29.0 Å². The fourth-order valence-electron chi connectivity index (χ4n) is 2.33. The fourth-order valence-corrected chi connectivity index (χ4v) is 2.33. The van der Waals surface area contributed by atoms with Crippen molar-refractivity contribution in [2.24, 2.45) is 0 Å². The number of nitrogens with one attached hydrogen (secondary N) is 2. The van der Waals surface area contributed by atoms with E-state index >= 15 is 0 Å². The molecule has 1 heterocycles. The van der Waals surface area contributed by atoms with Gasteiger partial charge in [0.25, 0.3) is 5.56 Å². The molecule has 0 bridgehead atoms. The number of nitrogen functional groups attached to an aromatic ring is 1. The van der Waals surface area contributed by atoms with Gasteiger partial charge in [-0.2, -0.15) is 0 Å². The van der Waals surface area contributed by atoms with E-state index in [1.54, 1.807) is 0 Å². The minimum atomic E-state index is -0.462. The summed E-state index contributed by atoms with van der Waals surface area (Å²) in [5.41, 5.74) is 5.34. The van der Waals surface area contributed by atoms with Crippen LogP contribution in [0.1, 0.15) is 34.1 Å². The predicted molar refractivity (Wildman–Crippen MR) is 86.9 cm³/mol. The minimum absolute atomic E-state index is 0.0564. The van der Waals surface area contributed by atoms with Crippen LogP contribution in [0.15, 0.2) is 9.59 Å². The highest BCUT2D eigenvalue weighted by molar-refractivity contribution is 5.60. The van der Waals surface area contributed by atoms with Gasteiger partial charge >= 0.3 is 5.69 Å². The molecular weight excluding hydrogens is 270 g/mol. The highest BCUT2D eigenvalue weighted by Gasteiger charge is 2.15. The van der Waals surface area contributed by atoms with Crippen LogP contribution in [-0.4, -0.2) is 40.1 Å². The Morgan fingerprint density at radius 3 is 2.43 bits per heavy atom. The lowest BCUT2D eigenvalue weighted by molar-refractivity contribution is 0.294. The van der Waals surface area contributed by atoms with Gasteiger partial charge in [0.05, 0.1) is 0 Å². The summed E-state index contributed by atoms with van der Waals surface area (Å²) < 4.78 is 1.40. The molecule has 0 saturated heterocycles. The zero-order chi connectivity index (χ0) is 16.0. The van der Waals surface area contributed by atoms with Crippen LogP contribution in [0, 0.1) is 0 Å². The summed E-state index contributed by atoms with van der Waals surface area (Å²) in [6, 6.07) is 0.0564. The van der Waals surface area contributed by atoms with Gasteiger partial charge in [-0.25, -0.2) is 4.79 Å². The SMILES string of the molecule is CCCn1c(N)c(NC(C)CN(CC)CC)c(=O)[nH]c1=O. The van der Waals surface area contributed by atoms with Crippen LogP contribution in [0.4, 0.5) is 11.5 Å². The number of nitrogens with two attached hydrogens (primary N) is 1. The summed E-state index contributed by atoms with van der Waals surface area (Å²) >= 11 is 0. The first-order chi connectivity index (χ1) is 9.94. The maximum absolute atomic E-state index is 12.0. The second kappa shape index (κ2) is 7.87. The van der Waals surface area contributed by atoms with Crippen LogP contribution in [-0.2, 0) is 6.54 Å². The van der Waals surface area contributed by atoms with Crippen molar-refractivity contribution in [1.82, 2.24) is 14.5 Å². The Labute approximate surface area is 125 Å². The maximum atomic E-state index is 12.0. The van der Waals surface area contributed by atoms with Crippen molar-refractivity contribution in [3.63, 3.8) is 0 Å². The van der Waals surface area contributed by atoms with Gasteiger partial charge in [0, 0.05) is 19.1 Å². The molecule has 1 aromatic heterocycles. The molecular formula is C14H27N5O2. The first kappa shape index (κ1) is 17.3. The highest BCUT2D eigenvalue weighted by atomic mass is 16.2. The number of rotatable bonds is 8. The average molecular weight is 297 g/mol. The van der Waals surface area contributed by atoms with Crippen LogP contribution in [0.25, 0.3) is 0 Å². The Morgan fingerprint density at radius 1 is 1.29 bits per heavy atom. The monoisotopic (exact) mass is 297 g/mol. The van der Waals surface area contributed by atoms with Gasteiger partial charge in [0.1, 0.15) is 11.5 Å². The standard InChI is InChI=1S/C14H27N5O2/c1-5-8-19-12(15)11(13(20)17-14(19)21)16-10(4)9-18(6-2)7-3/h10,16H,5-9,15H2,1-4H3,(H,17,20,21). The van der Waals surface area contributed by atoms with Gasteiger partial charge in [0.2, 0.25) is 0 Å². The molecule has 4 N–H and O–H groups in total. The highest BCUT2D eigenvalue weighted by Crippen LogP contribution is 2.12. The molecule has 1 rings (SSSR count). The van der Waals surface area contributed by atoms with E-state index in [4.69, 9.17) is 5.73 Å².